The molecule has 2 aromatic rings. The number of methoxy groups -OCH3 is 2. The molecule has 0 saturated heterocycles. The molecule has 0 radical (unpaired) electrons. The van der Waals surface area contributed by atoms with Gasteiger partial charge in [0.25, 0.3) is 0 Å². The molecule has 0 spiro atoms. The van der Waals surface area contributed by atoms with Gasteiger partial charge in [-0.25, -0.2) is 0 Å². The van der Waals surface area contributed by atoms with Crippen molar-refractivity contribution >= 4 is 11.6 Å². The summed E-state index contributed by atoms with van der Waals surface area (Å²) in [6, 6.07) is 12.0. The topological polar surface area (TPSA) is 68.8 Å². The van der Waals surface area contributed by atoms with Crippen molar-refractivity contribution in [1.82, 2.24) is 5.32 Å². The standard InChI is InChI=1S/C19H22F2N2O4/c1-25-15-6-4-3-5-13(15)9-10-22-18(24)12-23-14-7-8-16(26-2)17(11-14)27-19(20)21/h3-8,11,19,23H,9-10,12H2,1-2H3,(H,22,24). The first kappa shape index (κ1) is 20.3. The van der Waals surface area contributed by atoms with Crippen molar-refractivity contribution in [2.45, 2.75) is 13.0 Å². The van der Waals surface area contributed by atoms with Crippen LogP contribution < -0.4 is 24.8 Å². The molecule has 2 rings (SSSR count). The summed E-state index contributed by atoms with van der Waals surface area (Å²) in [6.45, 7) is -2.53. The van der Waals surface area contributed by atoms with Gasteiger partial charge >= 0.3 is 6.61 Å². The minimum absolute atomic E-state index is 0.00757. The molecule has 0 aliphatic heterocycles. The third kappa shape index (κ3) is 6.32. The number of amides is 1. The van der Waals surface area contributed by atoms with E-state index in [0.717, 1.165) is 11.3 Å². The van der Waals surface area contributed by atoms with Gasteiger partial charge in [-0.3, -0.25) is 4.79 Å². The van der Waals surface area contributed by atoms with E-state index in [4.69, 9.17) is 9.47 Å². The summed E-state index contributed by atoms with van der Waals surface area (Å²) < 4.78 is 39.5. The van der Waals surface area contributed by atoms with Crippen molar-refractivity contribution in [3.63, 3.8) is 0 Å². The number of carbonyl (C=O) groups excluding carboxylic acids is 1. The molecule has 8 heteroatoms. The Kier molecular flexibility index (Phi) is 7.66. The highest BCUT2D eigenvalue weighted by Gasteiger charge is 2.12. The van der Waals surface area contributed by atoms with Gasteiger partial charge in [-0.1, -0.05) is 18.2 Å². The molecule has 146 valence electrons. The van der Waals surface area contributed by atoms with E-state index in [1.54, 1.807) is 13.2 Å². The van der Waals surface area contributed by atoms with Gasteiger partial charge in [0.15, 0.2) is 11.5 Å². The van der Waals surface area contributed by atoms with Crippen molar-refractivity contribution in [3.8, 4) is 17.2 Å². The average Bonchev–Trinajstić information content (AvgIpc) is 2.66. The molecular formula is C19H22F2N2O4. The summed E-state index contributed by atoms with van der Waals surface area (Å²) in [5.41, 5.74) is 1.46. The number of nitrogens with one attached hydrogen (secondary N) is 2. The van der Waals surface area contributed by atoms with E-state index < -0.39 is 6.61 Å². The zero-order chi connectivity index (χ0) is 19.6. The molecule has 0 bridgehead atoms. The number of hydrogen-bond donors (Lipinski definition) is 2. The molecule has 6 nitrogen and oxygen atoms in total. The average molecular weight is 380 g/mol. The predicted octanol–water partition coefficient (Wildman–Crippen LogP) is 3.08. The van der Waals surface area contributed by atoms with Gasteiger partial charge < -0.3 is 24.8 Å². The summed E-state index contributed by atoms with van der Waals surface area (Å²) in [5, 5.41) is 5.65. The Balaban J connectivity index is 1.83. The van der Waals surface area contributed by atoms with Crippen molar-refractivity contribution < 1.29 is 27.8 Å². The number of hydrogen-bond acceptors (Lipinski definition) is 5. The Bertz CT molecular complexity index is 756. The highest BCUT2D eigenvalue weighted by Crippen LogP contribution is 2.31. The fourth-order valence-corrected chi connectivity index (χ4v) is 2.47. The molecule has 1 amide bonds. The summed E-state index contributed by atoms with van der Waals surface area (Å²) >= 11 is 0. The third-order valence-electron chi connectivity index (χ3n) is 3.74. The van der Waals surface area contributed by atoms with Gasteiger partial charge in [0.05, 0.1) is 20.8 Å². The molecule has 0 heterocycles. The lowest BCUT2D eigenvalue weighted by atomic mass is 10.1. The summed E-state index contributed by atoms with van der Waals surface area (Å²) in [5.74, 6) is 0.628. The second-order valence-corrected chi connectivity index (χ2v) is 5.51. The zero-order valence-electron chi connectivity index (χ0n) is 15.1. The van der Waals surface area contributed by atoms with Crippen LogP contribution in [0.2, 0.25) is 0 Å². The number of anilines is 1. The van der Waals surface area contributed by atoms with E-state index in [2.05, 4.69) is 15.4 Å². The van der Waals surface area contributed by atoms with E-state index in [1.807, 2.05) is 24.3 Å². The number of halogens is 2. The van der Waals surface area contributed by atoms with Crippen LogP contribution in [0.4, 0.5) is 14.5 Å². The van der Waals surface area contributed by atoms with Crippen LogP contribution in [0.3, 0.4) is 0 Å². The van der Waals surface area contributed by atoms with E-state index in [9.17, 15) is 13.6 Å². The number of benzene rings is 2. The predicted molar refractivity (Wildman–Crippen MR) is 97.8 cm³/mol. The van der Waals surface area contributed by atoms with Crippen molar-refractivity contribution in [2.24, 2.45) is 0 Å². The first-order valence-electron chi connectivity index (χ1n) is 8.28. The molecule has 0 aliphatic rings. The van der Waals surface area contributed by atoms with Crippen LogP contribution in [0.25, 0.3) is 0 Å². The Morgan fingerprint density at radius 3 is 2.48 bits per heavy atom. The lowest BCUT2D eigenvalue weighted by Gasteiger charge is -2.13. The smallest absolute Gasteiger partial charge is 0.387 e. The SMILES string of the molecule is COc1ccccc1CCNC(=O)CNc1ccc(OC)c(OC(F)F)c1. The quantitative estimate of drug-likeness (QED) is 0.663. The van der Waals surface area contributed by atoms with Crippen molar-refractivity contribution in [3.05, 3.63) is 48.0 Å². The normalized spacial score (nSPS) is 10.4. The minimum atomic E-state index is -2.97. The summed E-state index contributed by atoms with van der Waals surface area (Å²) in [7, 11) is 2.96. The van der Waals surface area contributed by atoms with E-state index in [-0.39, 0.29) is 24.0 Å². The molecule has 0 unspecified atom stereocenters. The highest BCUT2D eigenvalue weighted by molar-refractivity contribution is 5.80. The summed E-state index contributed by atoms with van der Waals surface area (Å²) in [4.78, 5) is 12.0. The number of alkyl halides is 2. The van der Waals surface area contributed by atoms with Crippen LogP contribution >= 0.6 is 0 Å². The molecule has 0 atom stereocenters. The maximum Gasteiger partial charge on any atom is 0.387 e. The van der Waals surface area contributed by atoms with Gasteiger partial charge in [-0.15, -0.1) is 0 Å². The second-order valence-electron chi connectivity index (χ2n) is 5.51. The largest absolute Gasteiger partial charge is 0.496 e. The monoisotopic (exact) mass is 380 g/mol. The first-order valence-corrected chi connectivity index (χ1v) is 8.28. The Labute approximate surface area is 156 Å². The van der Waals surface area contributed by atoms with E-state index >= 15 is 0 Å². The van der Waals surface area contributed by atoms with Crippen LogP contribution in [0.1, 0.15) is 5.56 Å². The third-order valence-corrected chi connectivity index (χ3v) is 3.74. The van der Waals surface area contributed by atoms with E-state index in [1.165, 1.54) is 19.2 Å². The van der Waals surface area contributed by atoms with Gasteiger partial charge in [0.1, 0.15) is 5.75 Å². The first-order chi connectivity index (χ1) is 13.0. The number of para-hydroxylation sites is 1. The molecule has 27 heavy (non-hydrogen) atoms. The summed E-state index contributed by atoms with van der Waals surface area (Å²) in [6.07, 6.45) is 0.630. The molecule has 0 aromatic heterocycles. The molecule has 0 fully saturated rings. The molecular weight excluding hydrogens is 358 g/mol. The lowest BCUT2D eigenvalue weighted by Crippen LogP contribution is -2.31. The Hall–Kier alpha value is -3.03. The van der Waals surface area contributed by atoms with Crippen LogP contribution in [0.15, 0.2) is 42.5 Å². The van der Waals surface area contributed by atoms with Gasteiger partial charge in [0, 0.05) is 18.3 Å². The fraction of sp³-hybridized carbons (Fsp3) is 0.316. The Morgan fingerprint density at radius 1 is 1.04 bits per heavy atom. The Morgan fingerprint density at radius 2 is 1.78 bits per heavy atom. The number of carbonyl (C=O) groups is 1. The number of ether oxygens (including phenoxy) is 3. The van der Waals surface area contributed by atoms with Crippen LogP contribution in [0.5, 0.6) is 17.2 Å². The zero-order valence-corrected chi connectivity index (χ0v) is 15.1. The highest BCUT2D eigenvalue weighted by atomic mass is 19.3. The number of rotatable bonds is 10. The maximum absolute atomic E-state index is 12.4. The van der Waals surface area contributed by atoms with Crippen molar-refractivity contribution in [1.29, 1.82) is 0 Å². The van der Waals surface area contributed by atoms with Gasteiger partial charge in [0.2, 0.25) is 5.91 Å². The van der Waals surface area contributed by atoms with Crippen LogP contribution in [-0.2, 0) is 11.2 Å². The molecule has 0 saturated carbocycles. The van der Waals surface area contributed by atoms with Crippen LogP contribution in [-0.4, -0.2) is 39.8 Å². The van der Waals surface area contributed by atoms with Gasteiger partial charge in [-0.2, -0.15) is 8.78 Å². The lowest BCUT2D eigenvalue weighted by molar-refractivity contribution is -0.119. The minimum Gasteiger partial charge on any atom is -0.496 e. The molecule has 2 aromatic carbocycles. The van der Waals surface area contributed by atoms with Crippen LogP contribution in [0, 0.1) is 0 Å². The maximum atomic E-state index is 12.4. The van der Waals surface area contributed by atoms with Crippen molar-refractivity contribution in [2.75, 3.05) is 32.6 Å². The van der Waals surface area contributed by atoms with Gasteiger partial charge in [-0.05, 0) is 30.2 Å². The second kappa shape index (κ2) is 10.2. The molecule has 2 N–H and O–H groups in total. The fourth-order valence-electron chi connectivity index (χ4n) is 2.47. The molecule has 0 aliphatic carbocycles. The van der Waals surface area contributed by atoms with E-state index in [0.29, 0.717) is 18.7 Å².